The van der Waals surface area contributed by atoms with E-state index in [4.69, 9.17) is 11.6 Å². The molecule has 0 unspecified atom stereocenters. The third kappa shape index (κ3) is 3.59. The summed E-state index contributed by atoms with van der Waals surface area (Å²) in [6, 6.07) is 12.6. The van der Waals surface area contributed by atoms with Gasteiger partial charge in [0, 0.05) is 48.5 Å². The van der Waals surface area contributed by atoms with Crippen molar-refractivity contribution in [3.8, 4) is 0 Å². The molecule has 1 aliphatic carbocycles. The number of nitrogens with zero attached hydrogens (tertiary/aromatic N) is 1. The van der Waals surface area contributed by atoms with Crippen molar-refractivity contribution in [1.82, 2.24) is 15.2 Å². The van der Waals surface area contributed by atoms with Gasteiger partial charge in [0.05, 0.1) is 4.34 Å². The number of carbonyl (C=O) groups is 1. The van der Waals surface area contributed by atoms with Gasteiger partial charge in [-0.1, -0.05) is 35.9 Å². The van der Waals surface area contributed by atoms with E-state index in [2.05, 4.69) is 39.5 Å². The number of H-pyrrole nitrogens is 1. The molecule has 2 aliphatic rings. The van der Waals surface area contributed by atoms with Gasteiger partial charge in [-0.25, -0.2) is 0 Å². The standard InChI is InChI=1S/C21H22ClN3OS2/c22-19-11-14-10-18(24-21(14)28-19)20(26)23-17-9-13-3-1-2-4-15(13)16(17)12-25-5-7-27-8-6-25/h1-4,10-11,16-17,24H,5-9,12H2,(H,23,26)/t16-,17-/m1/s1. The molecule has 2 N–H and O–H groups in total. The third-order valence-electron chi connectivity index (χ3n) is 5.78. The number of nitrogens with one attached hydrogen (secondary N) is 2. The SMILES string of the molecule is O=C(N[C@@H]1Cc2ccccc2[C@H]1CN1CCSCC1)c1cc2cc(Cl)sc2[nH]1. The number of halogens is 1. The second-order valence-electron chi connectivity index (χ2n) is 7.52. The number of benzene rings is 1. The van der Waals surface area contributed by atoms with E-state index in [0.717, 1.165) is 40.6 Å². The zero-order chi connectivity index (χ0) is 19.1. The highest BCUT2D eigenvalue weighted by Gasteiger charge is 2.35. The molecule has 146 valence electrons. The molecule has 3 heterocycles. The minimum atomic E-state index is -0.0310. The van der Waals surface area contributed by atoms with E-state index in [1.165, 1.54) is 34.0 Å². The third-order valence-corrected chi connectivity index (χ3v) is 7.92. The molecule has 2 atom stereocenters. The molecule has 0 spiro atoms. The Kier molecular flexibility index (Phi) is 5.13. The minimum Gasteiger partial charge on any atom is -0.347 e. The Morgan fingerprint density at radius 2 is 2.07 bits per heavy atom. The highest BCUT2D eigenvalue weighted by molar-refractivity contribution is 7.99. The molecule has 1 saturated heterocycles. The van der Waals surface area contributed by atoms with Crippen molar-refractivity contribution in [3.63, 3.8) is 0 Å². The Bertz CT molecular complexity index is 977. The van der Waals surface area contributed by atoms with Crippen LogP contribution in [-0.4, -0.2) is 53.0 Å². The van der Waals surface area contributed by atoms with Crippen molar-refractivity contribution >= 4 is 50.8 Å². The first-order valence-corrected chi connectivity index (χ1v) is 12.0. The van der Waals surface area contributed by atoms with Crippen molar-refractivity contribution < 1.29 is 4.79 Å². The summed E-state index contributed by atoms with van der Waals surface area (Å²) in [7, 11) is 0. The molecule has 4 nitrogen and oxygen atoms in total. The fourth-order valence-corrected chi connectivity index (χ4v) is 6.48. The predicted octanol–water partition coefficient (Wildman–Crippen LogP) is 4.37. The van der Waals surface area contributed by atoms with E-state index in [9.17, 15) is 4.79 Å². The monoisotopic (exact) mass is 431 g/mol. The number of rotatable bonds is 4. The summed E-state index contributed by atoms with van der Waals surface area (Å²) < 4.78 is 0.735. The second kappa shape index (κ2) is 7.75. The molecule has 5 rings (SSSR count). The molecule has 1 aliphatic heterocycles. The van der Waals surface area contributed by atoms with Crippen molar-refractivity contribution in [2.24, 2.45) is 0 Å². The van der Waals surface area contributed by atoms with Gasteiger partial charge >= 0.3 is 0 Å². The Hall–Kier alpha value is -1.47. The van der Waals surface area contributed by atoms with E-state index in [0.29, 0.717) is 11.6 Å². The lowest BCUT2D eigenvalue weighted by Crippen LogP contribution is -2.44. The normalized spacial score (nSPS) is 22.5. The lowest BCUT2D eigenvalue weighted by atomic mass is 9.97. The van der Waals surface area contributed by atoms with Crippen LogP contribution in [0.2, 0.25) is 4.34 Å². The molecule has 1 fully saturated rings. The smallest absolute Gasteiger partial charge is 0.268 e. The second-order valence-corrected chi connectivity index (χ2v) is 10.4. The first kappa shape index (κ1) is 18.6. The summed E-state index contributed by atoms with van der Waals surface area (Å²) in [5.74, 6) is 2.71. The Morgan fingerprint density at radius 1 is 1.25 bits per heavy atom. The number of aromatic amines is 1. The fraction of sp³-hybridized carbons (Fsp3) is 0.381. The average Bonchev–Trinajstić information content (AvgIpc) is 3.34. The van der Waals surface area contributed by atoms with E-state index < -0.39 is 0 Å². The molecule has 28 heavy (non-hydrogen) atoms. The maximum atomic E-state index is 13.0. The van der Waals surface area contributed by atoms with Crippen molar-refractivity contribution in [2.45, 2.75) is 18.4 Å². The molecule has 0 radical (unpaired) electrons. The van der Waals surface area contributed by atoms with Gasteiger partial charge in [-0.15, -0.1) is 11.3 Å². The molecule has 0 bridgehead atoms. The number of hydrogen-bond donors (Lipinski definition) is 2. The minimum absolute atomic E-state index is 0.0310. The number of amides is 1. The first-order valence-electron chi connectivity index (χ1n) is 9.64. The van der Waals surface area contributed by atoms with Crippen LogP contribution in [0.5, 0.6) is 0 Å². The van der Waals surface area contributed by atoms with Gasteiger partial charge in [0.1, 0.15) is 10.5 Å². The number of hydrogen-bond acceptors (Lipinski definition) is 4. The Balaban J connectivity index is 1.36. The lowest BCUT2D eigenvalue weighted by molar-refractivity contribution is 0.0925. The molecule has 3 aromatic rings. The summed E-state index contributed by atoms with van der Waals surface area (Å²) >= 11 is 9.55. The average molecular weight is 432 g/mol. The summed E-state index contributed by atoms with van der Waals surface area (Å²) in [6.07, 6.45) is 0.899. The van der Waals surface area contributed by atoms with Gasteiger partial charge in [-0.2, -0.15) is 11.8 Å². The highest BCUT2D eigenvalue weighted by Crippen LogP contribution is 2.35. The van der Waals surface area contributed by atoms with Crippen molar-refractivity contribution in [1.29, 1.82) is 0 Å². The van der Waals surface area contributed by atoms with Crippen LogP contribution in [0, 0.1) is 0 Å². The largest absolute Gasteiger partial charge is 0.347 e. The van der Waals surface area contributed by atoms with Gasteiger partial charge < -0.3 is 15.2 Å². The topological polar surface area (TPSA) is 48.1 Å². The number of carbonyl (C=O) groups excluding carboxylic acids is 1. The van der Waals surface area contributed by atoms with E-state index >= 15 is 0 Å². The van der Waals surface area contributed by atoms with Crippen LogP contribution in [0.4, 0.5) is 0 Å². The van der Waals surface area contributed by atoms with Crippen LogP contribution < -0.4 is 5.32 Å². The molecule has 2 aromatic heterocycles. The first-order chi connectivity index (χ1) is 13.7. The van der Waals surface area contributed by atoms with Gasteiger partial charge in [0.15, 0.2) is 0 Å². The van der Waals surface area contributed by atoms with E-state index in [1.54, 1.807) is 0 Å². The van der Waals surface area contributed by atoms with Crippen LogP contribution in [0.25, 0.3) is 10.2 Å². The number of thiophene rings is 1. The predicted molar refractivity (Wildman–Crippen MR) is 119 cm³/mol. The molecular weight excluding hydrogens is 410 g/mol. The molecule has 1 aromatic carbocycles. The van der Waals surface area contributed by atoms with Gasteiger partial charge in [0.2, 0.25) is 0 Å². The summed E-state index contributed by atoms with van der Waals surface area (Å²) in [6.45, 7) is 3.28. The van der Waals surface area contributed by atoms with Gasteiger partial charge in [-0.05, 0) is 29.7 Å². The van der Waals surface area contributed by atoms with Gasteiger partial charge in [-0.3, -0.25) is 4.79 Å². The van der Waals surface area contributed by atoms with Crippen LogP contribution in [0.15, 0.2) is 36.4 Å². The van der Waals surface area contributed by atoms with Crippen LogP contribution in [-0.2, 0) is 6.42 Å². The summed E-state index contributed by atoms with van der Waals surface area (Å²) in [4.78, 5) is 19.7. The number of aromatic nitrogens is 1. The van der Waals surface area contributed by atoms with Crippen LogP contribution in [0.3, 0.4) is 0 Å². The number of thioether (sulfide) groups is 1. The Morgan fingerprint density at radius 3 is 2.89 bits per heavy atom. The molecule has 7 heteroatoms. The summed E-state index contributed by atoms with van der Waals surface area (Å²) in [5.41, 5.74) is 3.37. The fourth-order valence-electron chi connectivity index (χ4n) is 4.38. The molecule has 0 saturated carbocycles. The van der Waals surface area contributed by atoms with E-state index in [1.807, 2.05) is 23.9 Å². The van der Waals surface area contributed by atoms with Crippen molar-refractivity contribution in [2.75, 3.05) is 31.1 Å². The molecule has 1 amide bonds. The van der Waals surface area contributed by atoms with Crippen molar-refractivity contribution in [3.05, 3.63) is 57.6 Å². The quantitative estimate of drug-likeness (QED) is 0.644. The highest BCUT2D eigenvalue weighted by atomic mass is 35.5. The zero-order valence-electron chi connectivity index (χ0n) is 15.4. The lowest BCUT2D eigenvalue weighted by Gasteiger charge is -2.31. The summed E-state index contributed by atoms with van der Waals surface area (Å²) in [5, 5.41) is 4.31. The van der Waals surface area contributed by atoms with Crippen LogP contribution in [0.1, 0.15) is 27.5 Å². The maximum Gasteiger partial charge on any atom is 0.268 e. The maximum absolute atomic E-state index is 13.0. The van der Waals surface area contributed by atoms with Crippen LogP contribution >= 0.6 is 34.7 Å². The van der Waals surface area contributed by atoms with Gasteiger partial charge in [0.25, 0.3) is 5.91 Å². The van der Waals surface area contributed by atoms with E-state index in [-0.39, 0.29) is 11.9 Å². The molecular formula is C21H22ClN3OS2. The number of fused-ring (bicyclic) bond motifs is 2. The zero-order valence-corrected chi connectivity index (χ0v) is 17.8. The Labute approximate surface area is 177 Å².